The molecule has 3 aromatic rings. The van der Waals surface area contributed by atoms with Gasteiger partial charge >= 0.3 is 0 Å². The molecule has 0 saturated carbocycles. The van der Waals surface area contributed by atoms with Crippen LogP contribution in [0.1, 0.15) is 37.2 Å². The van der Waals surface area contributed by atoms with Crippen molar-refractivity contribution in [1.82, 2.24) is 19.8 Å². The summed E-state index contributed by atoms with van der Waals surface area (Å²) in [5, 5.41) is 14.3. The third-order valence-corrected chi connectivity index (χ3v) is 4.13. The van der Waals surface area contributed by atoms with Gasteiger partial charge in [0.1, 0.15) is 5.01 Å². The van der Waals surface area contributed by atoms with Crippen LogP contribution in [0.15, 0.2) is 30.3 Å². The summed E-state index contributed by atoms with van der Waals surface area (Å²) in [4.78, 5) is 0.887. The molecule has 4 nitrogen and oxygen atoms in total. The summed E-state index contributed by atoms with van der Waals surface area (Å²) in [5.41, 5.74) is 1.30. The van der Waals surface area contributed by atoms with E-state index in [4.69, 9.17) is 0 Å². The first kappa shape index (κ1) is 13.2. The van der Waals surface area contributed by atoms with Crippen LogP contribution in [0.5, 0.6) is 0 Å². The maximum Gasteiger partial charge on any atom is 0.234 e. The Balaban J connectivity index is 1.82. The molecule has 0 fully saturated rings. The first-order valence-corrected chi connectivity index (χ1v) is 7.61. The predicted octanol–water partition coefficient (Wildman–Crippen LogP) is 3.27. The molecule has 104 valence electrons. The van der Waals surface area contributed by atoms with Gasteiger partial charge in [0, 0.05) is 11.8 Å². The van der Waals surface area contributed by atoms with Crippen LogP contribution >= 0.6 is 11.3 Å². The molecular weight excluding hydrogens is 268 g/mol. The van der Waals surface area contributed by atoms with Crippen LogP contribution in [-0.2, 0) is 18.3 Å². The molecule has 3 rings (SSSR count). The highest BCUT2D eigenvalue weighted by molar-refractivity contribution is 7.16. The van der Waals surface area contributed by atoms with Gasteiger partial charge in [-0.3, -0.25) is 0 Å². The van der Waals surface area contributed by atoms with Crippen LogP contribution in [0, 0.1) is 0 Å². The van der Waals surface area contributed by atoms with E-state index in [0.29, 0.717) is 0 Å². The molecule has 0 aliphatic heterocycles. The number of aryl methyl sites for hydroxylation is 2. The molecular formula is C15H18N4S. The summed E-state index contributed by atoms with van der Waals surface area (Å²) in [7, 11) is 0. The highest BCUT2D eigenvalue weighted by Crippen LogP contribution is 2.23. The second-order valence-electron chi connectivity index (χ2n) is 5.95. The van der Waals surface area contributed by atoms with Crippen molar-refractivity contribution < 1.29 is 0 Å². The molecule has 20 heavy (non-hydrogen) atoms. The number of rotatable bonds is 3. The molecule has 0 bridgehead atoms. The Morgan fingerprint density at radius 3 is 2.50 bits per heavy atom. The van der Waals surface area contributed by atoms with Crippen molar-refractivity contribution in [1.29, 1.82) is 0 Å². The van der Waals surface area contributed by atoms with E-state index in [1.54, 1.807) is 11.3 Å². The molecule has 5 heteroatoms. The Kier molecular flexibility index (Phi) is 3.30. The van der Waals surface area contributed by atoms with Gasteiger partial charge < -0.3 is 0 Å². The Morgan fingerprint density at radius 2 is 1.80 bits per heavy atom. The average Bonchev–Trinajstić information content (AvgIpc) is 2.95. The lowest BCUT2D eigenvalue weighted by molar-refractivity contribution is 0.526. The first-order valence-electron chi connectivity index (χ1n) is 6.79. The molecule has 0 unspecified atom stereocenters. The Hall–Kier alpha value is -1.75. The van der Waals surface area contributed by atoms with E-state index in [9.17, 15) is 0 Å². The van der Waals surface area contributed by atoms with Crippen molar-refractivity contribution >= 4 is 16.3 Å². The van der Waals surface area contributed by atoms with E-state index in [1.807, 2.05) is 10.6 Å². The van der Waals surface area contributed by atoms with Gasteiger partial charge in [0.05, 0.1) is 0 Å². The fourth-order valence-electron chi connectivity index (χ4n) is 2.12. The minimum absolute atomic E-state index is 0.0375. The van der Waals surface area contributed by atoms with Gasteiger partial charge in [-0.1, -0.05) is 62.4 Å². The Labute approximate surface area is 122 Å². The van der Waals surface area contributed by atoms with Crippen molar-refractivity contribution in [2.24, 2.45) is 0 Å². The lowest BCUT2D eigenvalue weighted by Crippen LogP contribution is -2.16. The minimum Gasteiger partial charge on any atom is -0.187 e. The lowest BCUT2D eigenvalue weighted by Gasteiger charge is -2.13. The van der Waals surface area contributed by atoms with Crippen molar-refractivity contribution in [3.8, 4) is 0 Å². The lowest BCUT2D eigenvalue weighted by atomic mass is 9.96. The number of hydrogen-bond donors (Lipinski definition) is 0. The summed E-state index contributed by atoms with van der Waals surface area (Å²) < 4.78 is 1.89. The van der Waals surface area contributed by atoms with Gasteiger partial charge in [0.2, 0.25) is 4.96 Å². The summed E-state index contributed by atoms with van der Waals surface area (Å²) in [6, 6.07) is 10.5. The summed E-state index contributed by atoms with van der Waals surface area (Å²) in [5.74, 6) is 0.926. The highest BCUT2D eigenvalue weighted by Gasteiger charge is 2.23. The van der Waals surface area contributed by atoms with E-state index < -0.39 is 0 Å². The molecule has 0 N–H and O–H groups in total. The molecule has 2 heterocycles. The van der Waals surface area contributed by atoms with Crippen LogP contribution in [0.3, 0.4) is 0 Å². The van der Waals surface area contributed by atoms with Gasteiger partial charge in [-0.05, 0) is 12.0 Å². The molecule has 2 aromatic heterocycles. The van der Waals surface area contributed by atoms with Crippen molar-refractivity contribution in [3.05, 3.63) is 46.7 Å². The zero-order valence-corrected chi connectivity index (χ0v) is 12.8. The molecule has 0 atom stereocenters. The molecule has 0 aliphatic carbocycles. The fraction of sp³-hybridized carbons (Fsp3) is 0.400. The summed E-state index contributed by atoms with van der Waals surface area (Å²) >= 11 is 1.63. The SMILES string of the molecule is CC(C)(C)c1nnc2sc(CCc3ccccc3)nn12. The predicted molar refractivity (Wildman–Crippen MR) is 81.2 cm³/mol. The summed E-state index contributed by atoms with van der Waals surface area (Å²) in [6.07, 6.45) is 1.96. The number of nitrogens with zero attached hydrogens (tertiary/aromatic N) is 4. The zero-order valence-electron chi connectivity index (χ0n) is 12.0. The Morgan fingerprint density at radius 1 is 1.05 bits per heavy atom. The van der Waals surface area contributed by atoms with E-state index in [2.05, 4.69) is 60.3 Å². The van der Waals surface area contributed by atoms with E-state index in [-0.39, 0.29) is 5.41 Å². The fourth-order valence-corrected chi connectivity index (χ4v) is 2.95. The van der Waals surface area contributed by atoms with Crippen LogP contribution < -0.4 is 0 Å². The molecule has 0 radical (unpaired) electrons. The average molecular weight is 286 g/mol. The van der Waals surface area contributed by atoms with E-state index in [1.165, 1.54) is 5.56 Å². The Bertz CT molecular complexity index is 706. The number of benzene rings is 1. The maximum atomic E-state index is 4.66. The second kappa shape index (κ2) is 4.98. The standard InChI is InChI=1S/C15H18N4S/c1-15(2,3)13-16-17-14-19(13)18-12(20-14)10-9-11-7-5-4-6-8-11/h4-8H,9-10H2,1-3H3. The monoisotopic (exact) mass is 286 g/mol. The van der Waals surface area contributed by atoms with E-state index in [0.717, 1.165) is 28.6 Å². The van der Waals surface area contributed by atoms with Crippen LogP contribution in [-0.4, -0.2) is 19.8 Å². The zero-order chi connectivity index (χ0) is 14.2. The number of aromatic nitrogens is 4. The first-order chi connectivity index (χ1) is 9.54. The molecule has 0 spiro atoms. The summed E-state index contributed by atoms with van der Waals surface area (Å²) in [6.45, 7) is 6.39. The van der Waals surface area contributed by atoms with Crippen LogP contribution in [0.2, 0.25) is 0 Å². The third kappa shape index (κ3) is 2.58. The largest absolute Gasteiger partial charge is 0.234 e. The third-order valence-electron chi connectivity index (χ3n) is 3.17. The molecule has 0 aliphatic rings. The highest BCUT2D eigenvalue weighted by atomic mass is 32.1. The van der Waals surface area contributed by atoms with Crippen LogP contribution in [0.4, 0.5) is 0 Å². The van der Waals surface area contributed by atoms with Crippen molar-refractivity contribution in [3.63, 3.8) is 0 Å². The number of fused-ring (bicyclic) bond motifs is 1. The van der Waals surface area contributed by atoms with Gasteiger partial charge in [0.15, 0.2) is 5.82 Å². The number of hydrogen-bond acceptors (Lipinski definition) is 4. The molecule has 1 aromatic carbocycles. The van der Waals surface area contributed by atoms with E-state index >= 15 is 0 Å². The van der Waals surface area contributed by atoms with Gasteiger partial charge in [0.25, 0.3) is 0 Å². The quantitative estimate of drug-likeness (QED) is 0.742. The van der Waals surface area contributed by atoms with Gasteiger partial charge in [-0.2, -0.15) is 9.61 Å². The smallest absolute Gasteiger partial charge is 0.187 e. The minimum atomic E-state index is -0.0375. The van der Waals surface area contributed by atoms with Crippen molar-refractivity contribution in [2.45, 2.75) is 39.0 Å². The molecule has 0 saturated heterocycles. The maximum absolute atomic E-state index is 4.66. The van der Waals surface area contributed by atoms with Gasteiger partial charge in [-0.25, -0.2) is 0 Å². The topological polar surface area (TPSA) is 43.1 Å². The van der Waals surface area contributed by atoms with Crippen molar-refractivity contribution in [2.75, 3.05) is 0 Å². The normalized spacial score (nSPS) is 12.2. The second-order valence-corrected chi connectivity index (χ2v) is 6.99. The van der Waals surface area contributed by atoms with Gasteiger partial charge in [-0.15, -0.1) is 10.2 Å². The van der Waals surface area contributed by atoms with Crippen LogP contribution in [0.25, 0.3) is 4.96 Å². The molecule has 0 amide bonds.